The first-order valence-corrected chi connectivity index (χ1v) is 3.29. The maximum atomic E-state index is 10.7. The van der Waals surface area contributed by atoms with Crippen LogP contribution in [0.4, 0.5) is 0 Å². The van der Waals surface area contributed by atoms with E-state index in [9.17, 15) is 5.21 Å². The topological polar surface area (TPSA) is 39.8 Å². The van der Waals surface area contributed by atoms with E-state index < -0.39 is 0 Å². The molecule has 1 aromatic rings. The van der Waals surface area contributed by atoms with Gasteiger partial charge in [0.15, 0.2) is 0 Å². The zero-order valence-electron chi connectivity index (χ0n) is 5.14. The molecule has 0 atom stereocenters. The van der Waals surface area contributed by atoms with Crippen LogP contribution < -0.4 is 4.85 Å². The fourth-order valence-corrected chi connectivity index (χ4v) is 0.823. The lowest BCUT2D eigenvalue weighted by Gasteiger charge is -1.97. The van der Waals surface area contributed by atoms with Crippen LogP contribution in [0.2, 0.25) is 10.2 Å². The average Bonchev–Trinajstić information content (AvgIpc) is 1.84. The van der Waals surface area contributed by atoms with Crippen LogP contribution in [0.3, 0.4) is 0 Å². The predicted octanol–water partition coefficient (Wildman–Crippen LogP) is 1.33. The number of hydrogen-bond acceptors (Lipinski definition) is 2. The van der Waals surface area contributed by atoms with Crippen molar-refractivity contribution < 1.29 is 4.85 Å². The summed E-state index contributed by atoms with van der Waals surface area (Å²) in [5.74, 6) is 0. The van der Waals surface area contributed by atoms with Crippen LogP contribution in [0.25, 0.3) is 0 Å². The van der Waals surface area contributed by atoms with Gasteiger partial charge in [0.25, 0.3) is 0 Å². The molecule has 1 aromatic heterocycles. The molecule has 0 saturated heterocycles. The van der Waals surface area contributed by atoms with E-state index in [4.69, 9.17) is 23.2 Å². The Balaban J connectivity index is 3.28. The third kappa shape index (κ3) is 1.30. The number of aromatic nitrogens is 2. The summed E-state index contributed by atoms with van der Waals surface area (Å²) in [5.41, 5.74) is 0.425. The van der Waals surface area contributed by atoms with Crippen molar-refractivity contribution in [1.82, 2.24) is 5.10 Å². The van der Waals surface area contributed by atoms with Crippen LogP contribution in [-0.2, 0) is 0 Å². The third-order valence-corrected chi connectivity index (χ3v) is 1.68. The first-order chi connectivity index (χ1) is 4.61. The molecule has 0 amide bonds. The van der Waals surface area contributed by atoms with Gasteiger partial charge in [0.1, 0.15) is 0 Å². The minimum atomic E-state index is 0.0299. The van der Waals surface area contributed by atoms with Crippen molar-refractivity contribution in [2.45, 2.75) is 6.92 Å². The zero-order chi connectivity index (χ0) is 7.72. The lowest BCUT2D eigenvalue weighted by atomic mass is 10.4. The van der Waals surface area contributed by atoms with Gasteiger partial charge in [0, 0.05) is 18.1 Å². The normalized spacial score (nSPS) is 9.90. The monoisotopic (exact) mass is 178 g/mol. The van der Waals surface area contributed by atoms with Gasteiger partial charge in [0.05, 0.1) is 5.02 Å². The summed E-state index contributed by atoms with van der Waals surface area (Å²) >= 11 is 11.0. The van der Waals surface area contributed by atoms with E-state index in [1.807, 2.05) is 0 Å². The van der Waals surface area contributed by atoms with Gasteiger partial charge < -0.3 is 5.21 Å². The van der Waals surface area contributed by atoms with Crippen LogP contribution in [0, 0.1) is 12.1 Å². The molecule has 10 heavy (non-hydrogen) atoms. The highest BCUT2D eigenvalue weighted by Gasteiger charge is 2.06. The Bertz CT molecular complexity index is 214. The first-order valence-electron chi connectivity index (χ1n) is 2.54. The van der Waals surface area contributed by atoms with Crippen molar-refractivity contribution in [2.75, 3.05) is 0 Å². The molecule has 0 unspecified atom stereocenters. The standard InChI is InChI=1S/C5H4Cl2N2O/c1-3-2-4(6)5(7)8-9(3)10/h2H,1H3. The van der Waals surface area contributed by atoms with Crippen LogP contribution in [0.5, 0.6) is 0 Å². The fourth-order valence-electron chi connectivity index (χ4n) is 0.505. The number of hydrogen-bond donors (Lipinski definition) is 0. The molecular formula is C5H4Cl2N2O. The van der Waals surface area contributed by atoms with Crippen molar-refractivity contribution in [3.8, 4) is 0 Å². The smallest absolute Gasteiger partial charge is 0.220 e. The van der Waals surface area contributed by atoms with Crippen LogP contribution in [0.1, 0.15) is 5.69 Å². The maximum absolute atomic E-state index is 10.7. The molecule has 0 fully saturated rings. The van der Waals surface area contributed by atoms with Crippen molar-refractivity contribution in [1.29, 1.82) is 0 Å². The Kier molecular flexibility index (Phi) is 1.97. The molecule has 0 aromatic carbocycles. The Morgan fingerprint density at radius 3 is 2.70 bits per heavy atom. The summed E-state index contributed by atoms with van der Waals surface area (Å²) in [6.07, 6.45) is 0. The van der Waals surface area contributed by atoms with Gasteiger partial charge >= 0.3 is 0 Å². The Labute approximate surface area is 67.8 Å². The van der Waals surface area contributed by atoms with Gasteiger partial charge in [0.2, 0.25) is 10.8 Å². The van der Waals surface area contributed by atoms with Gasteiger partial charge in [-0.15, -0.1) is 0 Å². The van der Waals surface area contributed by atoms with Gasteiger partial charge in [-0.25, -0.2) is 0 Å². The maximum Gasteiger partial charge on any atom is 0.220 e. The average molecular weight is 179 g/mol. The summed E-state index contributed by atoms with van der Waals surface area (Å²) in [6.45, 7) is 1.60. The molecule has 0 aliphatic rings. The van der Waals surface area contributed by atoms with Crippen molar-refractivity contribution in [3.05, 3.63) is 27.1 Å². The molecule has 0 aliphatic carbocycles. The molecule has 1 rings (SSSR count). The number of rotatable bonds is 0. The summed E-state index contributed by atoms with van der Waals surface area (Å²) in [4.78, 5) is 0.425. The van der Waals surface area contributed by atoms with Crippen molar-refractivity contribution >= 4 is 23.2 Å². The molecule has 0 aliphatic heterocycles. The molecule has 54 valence electrons. The first kappa shape index (κ1) is 7.57. The van der Waals surface area contributed by atoms with Crippen molar-refractivity contribution in [2.24, 2.45) is 0 Å². The summed E-state index contributed by atoms with van der Waals surface area (Å²) in [5, 5.41) is 14.3. The van der Waals surface area contributed by atoms with Crippen LogP contribution >= 0.6 is 23.2 Å². The molecule has 0 bridgehead atoms. The Morgan fingerprint density at radius 1 is 1.60 bits per heavy atom. The molecule has 1 heterocycles. The van der Waals surface area contributed by atoms with Crippen LogP contribution in [-0.4, -0.2) is 5.10 Å². The molecule has 0 N–H and O–H groups in total. The second kappa shape index (κ2) is 2.60. The van der Waals surface area contributed by atoms with E-state index >= 15 is 0 Å². The largest absolute Gasteiger partial charge is 0.594 e. The number of aryl methyl sites for hydroxylation is 1. The highest BCUT2D eigenvalue weighted by molar-refractivity contribution is 6.41. The summed E-state index contributed by atoms with van der Waals surface area (Å²) in [7, 11) is 0. The van der Waals surface area contributed by atoms with Gasteiger partial charge in [-0.3, -0.25) is 0 Å². The van der Waals surface area contributed by atoms with Crippen molar-refractivity contribution in [3.63, 3.8) is 0 Å². The lowest BCUT2D eigenvalue weighted by Crippen LogP contribution is -2.34. The minimum Gasteiger partial charge on any atom is -0.594 e. The van der Waals surface area contributed by atoms with Gasteiger partial charge in [-0.05, 0) is 0 Å². The zero-order valence-corrected chi connectivity index (χ0v) is 6.65. The van der Waals surface area contributed by atoms with Gasteiger partial charge in [-0.2, -0.15) is 0 Å². The Hall–Kier alpha value is -0.540. The van der Waals surface area contributed by atoms with E-state index in [1.165, 1.54) is 6.07 Å². The minimum absolute atomic E-state index is 0.0299. The van der Waals surface area contributed by atoms with Crippen LogP contribution in [0.15, 0.2) is 6.07 Å². The molecule has 5 heteroatoms. The summed E-state index contributed by atoms with van der Waals surface area (Å²) in [6, 6.07) is 1.46. The molecule has 3 nitrogen and oxygen atoms in total. The predicted molar refractivity (Wildman–Crippen MR) is 38.0 cm³/mol. The van der Waals surface area contributed by atoms with E-state index in [0.717, 1.165) is 0 Å². The highest BCUT2D eigenvalue weighted by Crippen LogP contribution is 2.16. The second-order valence-corrected chi connectivity index (χ2v) is 2.56. The molecule has 0 saturated carbocycles. The molecule has 0 radical (unpaired) electrons. The summed E-state index contributed by atoms with van der Waals surface area (Å²) < 4.78 is 0. The quantitative estimate of drug-likeness (QED) is 0.445. The van der Waals surface area contributed by atoms with E-state index in [0.29, 0.717) is 15.6 Å². The fraction of sp³-hybridized carbons (Fsp3) is 0.200. The number of halogens is 2. The highest BCUT2D eigenvalue weighted by atomic mass is 35.5. The van der Waals surface area contributed by atoms with E-state index in [-0.39, 0.29) is 5.15 Å². The Morgan fingerprint density at radius 2 is 2.20 bits per heavy atom. The lowest BCUT2D eigenvalue weighted by molar-refractivity contribution is -0.675. The van der Waals surface area contributed by atoms with E-state index in [2.05, 4.69) is 5.10 Å². The third-order valence-electron chi connectivity index (χ3n) is 1.01. The molecule has 0 spiro atoms. The number of nitrogens with zero attached hydrogens (tertiary/aromatic N) is 2. The van der Waals surface area contributed by atoms with Gasteiger partial charge in [-0.1, -0.05) is 28.0 Å². The SMILES string of the molecule is Cc1cc(Cl)c(Cl)n[n+]1[O-]. The van der Waals surface area contributed by atoms with E-state index in [1.54, 1.807) is 6.92 Å². The second-order valence-electron chi connectivity index (χ2n) is 1.80. The molecular weight excluding hydrogens is 175 g/mol.